The first-order chi connectivity index (χ1) is 9.18. The fraction of sp³-hybridized carbons (Fsp3) is 1.00. The molecule has 0 aromatic heterocycles. The van der Waals surface area contributed by atoms with Crippen LogP contribution >= 0.6 is 0 Å². The Hall–Kier alpha value is -0.300. The lowest BCUT2D eigenvalue weighted by atomic mass is 9.78. The van der Waals surface area contributed by atoms with Gasteiger partial charge in [-0.05, 0) is 44.6 Å². The minimum atomic E-state index is -4.13. The molecule has 1 aliphatic heterocycles. The topological polar surface area (TPSA) is 46.2 Å². The summed E-state index contributed by atoms with van der Waals surface area (Å²) in [5, 5.41) is 2.79. The third-order valence-electron chi connectivity index (χ3n) is 4.74. The first-order valence-corrected chi connectivity index (χ1v) is 9.12. The number of sulfone groups is 1. The van der Waals surface area contributed by atoms with Crippen molar-refractivity contribution in [3.8, 4) is 0 Å². The number of alkyl halides is 3. The number of nitrogens with one attached hydrogen (secondary N) is 1. The molecule has 4 unspecified atom stereocenters. The van der Waals surface area contributed by atoms with E-state index in [0.29, 0.717) is 19.4 Å². The van der Waals surface area contributed by atoms with Crippen LogP contribution < -0.4 is 5.32 Å². The lowest BCUT2D eigenvalue weighted by molar-refractivity contribution is -0.184. The smallest absolute Gasteiger partial charge is 0.314 e. The summed E-state index contributed by atoms with van der Waals surface area (Å²) < 4.78 is 61.7. The number of rotatable bonds is 2. The van der Waals surface area contributed by atoms with Gasteiger partial charge in [0, 0.05) is 12.3 Å². The lowest BCUT2D eigenvalue weighted by Crippen LogP contribution is -2.48. The van der Waals surface area contributed by atoms with Crippen molar-refractivity contribution in [1.82, 2.24) is 5.32 Å². The molecule has 1 saturated carbocycles. The first kappa shape index (κ1) is 16.1. The average Bonchev–Trinajstić information content (AvgIpc) is 2.37. The summed E-state index contributed by atoms with van der Waals surface area (Å²) in [7, 11) is -3.09. The zero-order chi connectivity index (χ0) is 15.0. The summed E-state index contributed by atoms with van der Waals surface area (Å²) in [6, 6.07) is -0.195. The van der Waals surface area contributed by atoms with Gasteiger partial charge in [-0.25, -0.2) is 8.42 Å². The lowest BCUT2D eigenvalue weighted by Gasteiger charge is -2.39. The summed E-state index contributed by atoms with van der Waals surface area (Å²) in [5.41, 5.74) is 0. The van der Waals surface area contributed by atoms with E-state index >= 15 is 0 Å². The Bertz CT molecular complexity index is 435. The van der Waals surface area contributed by atoms with Crippen LogP contribution in [0.4, 0.5) is 13.2 Å². The van der Waals surface area contributed by atoms with Gasteiger partial charge in [0.05, 0.1) is 11.2 Å². The van der Waals surface area contributed by atoms with Crippen molar-refractivity contribution in [2.45, 2.75) is 56.0 Å². The monoisotopic (exact) mass is 313 g/mol. The normalized spacial score (nSPS) is 36.8. The van der Waals surface area contributed by atoms with E-state index in [0.717, 1.165) is 12.8 Å². The van der Waals surface area contributed by atoms with E-state index < -0.39 is 21.9 Å². The van der Waals surface area contributed by atoms with Crippen molar-refractivity contribution in [2.75, 3.05) is 12.8 Å². The maximum Gasteiger partial charge on any atom is 0.391 e. The highest BCUT2D eigenvalue weighted by molar-refractivity contribution is 7.91. The second-order valence-electron chi connectivity index (χ2n) is 6.20. The van der Waals surface area contributed by atoms with Crippen molar-refractivity contribution in [1.29, 1.82) is 0 Å². The summed E-state index contributed by atoms with van der Waals surface area (Å²) in [4.78, 5) is 0. The highest BCUT2D eigenvalue weighted by Crippen LogP contribution is 2.39. The Labute approximate surface area is 118 Å². The number of piperidine rings is 1. The van der Waals surface area contributed by atoms with Crippen LogP contribution in [0.2, 0.25) is 0 Å². The van der Waals surface area contributed by atoms with Crippen LogP contribution in [0.1, 0.15) is 38.5 Å². The van der Waals surface area contributed by atoms with Crippen LogP contribution in [-0.2, 0) is 9.84 Å². The van der Waals surface area contributed by atoms with E-state index in [2.05, 4.69) is 5.32 Å². The van der Waals surface area contributed by atoms with Gasteiger partial charge in [-0.1, -0.05) is 6.42 Å². The highest BCUT2D eigenvalue weighted by Gasteiger charge is 2.44. The van der Waals surface area contributed by atoms with Crippen LogP contribution in [0.15, 0.2) is 0 Å². The standard InChI is InChI=1S/C13H22F3NO2S/c1-20(18,19)11-4-2-3-9(7-11)12-8-10(5-6-17-12)13(14,15)16/h9-12,17H,2-8H2,1H3. The third-order valence-corrected chi connectivity index (χ3v) is 6.38. The van der Waals surface area contributed by atoms with E-state index in [9.17, 15) is 21.6 Å². The predicted molar refractivity (Wildman–Crippen MR) is 71.2 cm³/mol. The second-order valence-corrected chi connectivity index (χ2v) is 8.53. The van der Waals surface area contributed by atoms with Gasteiger partial charge in [0.25, 0.3) is 0 Å². The van der Waals surface area contributed by atoms with Gasteiger partial charge >= 0.3 is 6.18 Å². The minimum absolute atomic E-state index is 0.0497. The Morgan fingerprint density at radius 3 is 2.40 bits per heavy atom. The SMILES string of the molecule is CS(=O)(=O)C1CCCC(C2CC(C(F)(F)F)CCN2)C1. The van der Waals surface area contributed by atoms with Crippen LogP contribution in [0.25, 0.3) is 0 Å². The third kappa shape index (κ3) is 3.87. The molecule has 0 spiro atoms. The fourth-order valence-corrected chi connectivity index (χ4v) is 4.73. The van der Waals surface area contributed by atoms with E-state index in [-0.39, 0.29) is 30.1 Å². The summed E-state index contributed by atoms with van der Waals surface area (Å²) in [6.45, 7) is 0.370. The molecule has 4 atom stereocenters. The van der Waals surface area contributed by atoms with Crippen LogP contribution in [0.5, 0.6) is 0 Å². The first-order valence-electron chi connectivity index (χ1n) is 7.17. The van der Waals surface area contributed by atoms with Crippen molar-refractivity contribution >= 4 is 9.84 Å². The number of hydrogen-bond acceptors (Lipinski definition) is 3. The molecule has 0 aromatic rings. The summed E-state index contributed by atoms with van der Waals surface area (Å²) in [6.07, 6.45) is 0.0718. The summed E-state index contributed by atoms with van der Waals surface area (Å²) in [5.74, 6) is -1.19. The van der Waals surface area contributed by atoms with Crippen LogP contribution in [-0.4, -0.2) is 38.7 Å². The van der Waals surface area contributed by atoms with E-state index in [4.69, 9.17) is 0 Å². The fourth-order valence-electron chi connectivity index (χ4n) is 3.54. The Morgan fingerprint density at radius 1 is 1.10 bits per heavy atom. The van der Waals surface area contributed by atoms with Gasteiger partial charge in [0.2, 0.25) is 0 Å². The molecule has 0 amide bonds. The minimum Gasteiger partial charge on any atom is -0.314 e. The van der Waals surface area contributed by atoms with Gasteiger partial charge in [0.1, 0.15) is 9.84 Å². The molecule has 0 radical (unpaired) electrons. The largest absolute Gasteiger partial charge is 0.391 e. The molecule has 2 aliphatic rings. The molecule has 1 N–H and O–H groups in total. The van der Waals surface area contributed by atoms with Gasteiger partial charge in [-0.2, -0.15) is 13.2 Å². The van der Waals surface area contributed by atoms with Gasteiger partial charge in [0.15, 0.2) is 0 Å². The Kier molecular flexibility index (Phi) is 4.69. The molecule has 0 aromatic carbocycles. The van der Waals surface area contributed by atoms with Crippen molar-refractivity contribution < 1.29 is 21.6 Å². The molecule has 20 heavy (non-hydrogen) atoms. The van der Waals surface area contributed by atoms with Crippen molar-refractivity contribution in [2.24, 2.45) is 11.8 Å². The zero-order valence-corrected chi connectivity index (χ0v) is 12.4. The zero-order valence-electron chi connectivity index (χ0n) is 11.6. The molecule has 118 valence electrons. The van der Waals surface area contributed by atoms with E-state index in [1.165, 1.54) is 6.26 Å². The predicted octanol–water partition coefficient (Wildman–Crippen LogP) is 2.52. The second kappa shape index (κ2) is 5.83. The molecular formula is C13H22F3NO2S. The molecule has 2 fully saturated rings. The van der Waals surface area contributed by atoms with Gasteiger partial charge < -0.3 is 5.32 Å². The molecule has 2 rings (SSSR count). The van der Waals surface area contributed by atoms with E-state index in [1.807, 2.05) is 0 Å². The quantitative estimate of drug-likeness (QED) is 0.852. The average molecular weight is 313 g/mol. The van der Waals surface area contributed by atoms with Gasteiger partial charge in [-0.3, -0.25) is 0 Å². The van der Waals surface area contributed by atoms with Crippen LogP contribution in [0, 0.1) is 11.8 Å². The van der Waals surface area contributed by atoms with Crippen molar-refractivity contribution in [3.05, 3.63) is 0 Å². The molecule has 7 heteroatoms. The molecule has 3 nitrogen and oxygen atoms in total. The Balaban J connectivity index is 2.00. The summed E-state index contributed by atoms with van der Waals surface area (Å²) >= 11 is 0. The van der Waals surface area contributed by atoms with Crippen molar-refractivity contribution in [3.63, 3.8) is 0 Å². The molecule has 1 heterocycles. The number of hydrogen-bond donors (Lipinski definition) is 1. The number of halogens is 3. The maximum atomic E-state index is 12.8. The molecular weight excluding hydrogens is 291 g/mol. The molecule has 1 aliphatic carbocycles. The van der Waals surface area contributed by atoms with Crippen LogP contribution in [0.3, 0.4) is 0 Å². The van der Waals surface area contributed by atoms with E-state index in [1.54, 1.807) is 0 Å². The highest BCUT2D eigenvalue weighted by atomic mass is 32.2. The van der Waals surface area contributed by atoms with Gasteiger partial charge in [-0.15, -0.1) is 0 Å². The molecule has 0 bridgehead atoms. The molecule has 1 saturated heterocycles. The maximum absolute atomic E-state index is 12.8. The Morgan fingerprint density at radius 2 is 1.80 bits per heavy atom.